The molecule has 0 bridgehead atoms. The van der Waals surface area contributed by atoms with Gasteiger partial charge in [0.25, 0.3) is 10.0 Å². The van der Waals surface area contributed by atoms with E-state index in [0.29, 0.717) is 47.2 Å². The lowest BCUT2D eigenvalue weighted by Gasteiger charge is -2.22. The highest BCUT2D eigenvalue weighted by atomic mass is 32.2. The van der Waals surface area contributed by atoms with Gasteiger partial charge in [0.2, 0.25) is 5.91 Å². The average molecular weight is 512 g/mol. The Kier molecular flexibility index (Phi) is 6.93. The first-order valence-electron chi connectivity index (χ1n) is 11.4. The van der Waals surface area contributed by atoms with Gasteiger partial charge in [-0.3, -0.25) is 9.48 Å². The van der Waals surface area contributed by atoms with E-state index < -0.39 is 21.5 Å². The molecule has 4 rings (SSSR count). The van der Waals surface area contributed by atoms with Crippen LogP contribution in [0.2, 0.25) is 0 Å². The molecule has 0 atom stereocenters. The Balaban J connectivity index is 1.62. The molecule has 36 heavy (non-hydrogen) atoms. The summed E-state index contributed by atoms with van der Waals surface area (Å²) in [5.41, 5.74) is 2.34. The SMILES string of the molecule is COC(C)(C)Cn1ccc(S(=O)(=O)NC(=O)Cc2c(-c3ccnc(C#N)c3)cc(F)c3c2CCC3)n1. The van der Waals surface area contributed by atoms with E-state index in [1.165, 1.54) is 35.3 Å². The number of methoxy groups -OCH3 is 1. The van der Waals surface area contributed by atoms with Crippen LogP contribution in [0.25, 0.3) is 11.1 Å². The summed E-state index contributed by atoms with van der Waals surface area (Å²) in [7, 11) is -2.68. The van der Waals surface area contributed by atoms with Crippen molar-refractivity contribution in [1.82, 2.24) is 19.5 Å². The molecule has 9 nitrogen and oxygen atoms in total. The van der Waals surface area contributed by atoms with Crippen molar-refractivity contribution in [2.24, 2.45) is 0 Å². The fourth-order valence-corrected chi connectivity index (χ4v) is 5.28. The Labute approximate surface area is 209 Å². The zero-order chi connectivity index (χ0) is 26.1. The lowest BCUT2D eigenvalue weighted by atomic mass is 9.90. The van der Waals surface area contributed by atoms with E-state index in [0.717, 1.165) is 6.42 Å². The van der Waals surface area contributed by atoms with Crippen molar-refractivity contribution in [3.63, 3.8) is 0 Å². The molecule has 1 aliphatic carbocycles. The number of halogens is 1. The van der Waals surface area contributed by atoms with Gasteiger partial charge in [0.15, 0.2) is 5.03 Å². The summed E-state index contributed by atoms with van der Waals surface area (Å²) < 4.78 is 49.5. The van der Waals surface area contributed by atoms with Gasteiger partial charge < -0.3 is 4.74 Å². The molecule has 1 amide bonds. The molecular formula is C25H26FN5O4S. The van der Waals surface area contributed by atoms with E-state index in [2.05, 4.69) is 14.8 Å². The Bertz CT molecular complexity index is 1470. The van der Waals surface area contributed by atoms with Crippen LogP contribution in [0, 0.1) is 17.1 Å². The summed E-state index contributed by atoms with van der Waals surface area (Å²) in [4.78, 5) is 16.9. The molecule has 1 aliphatic rings. The molecule has 0 saturated carbocycles. The summed E-state index contributed by atoms with van der Waals surface area (Å²) in [6, 6.07) is 7.75. The molecule has 2 aromatic heterocycles. The second kappa shape index (κ2) is 9.79. The quantitative estimate of drug-likeness (QED) is 0.493. The predicted molar refractivity (Wildman–Crippen MR) is 129 cm³/mol. The molecule has 2 heterocycles. The second-order valence-electron chi connectivity index (χ2n) is 9.26. The van der Waals surface area contributed by atoms with Crippen LogP contribution >= 0.6 is 0 Å². The summed E-state index contributed by atoms with van der Waals surface area (Å²) >= 11 is 0. The number of nitriles is 1. The number of aromatic nitrogens is 3. The lowest BCUT2D eigenvalue weighted by Crippen LogP contribution is -2.33. The third-order valence-corrected chi connectivity index (χ3v) is 7.49. The second-order valence-corrected chi connectivity index (χ2v) is 10.9. The summed E-state index contributed by atoms with van der Waals surface area (Å²) in [5.74, 6) is -1.15. The monoisotopic (exact) mass is 511 g/mol. The Morgan fingerprint density at radius 2 is 2.03 bits per heavy atom. The van der Waals surface area contributed by atoms with E-state index in [-0.39, 0.29) is 23.0 Å². The third-order valence-electron chi connectivity index (χ3n) is 6.22. The minimum atomic E-state index is -4.23. The number of fused-ring (bicyclic) bond motifs is 1. The number of pyridine rings is 1. The number of sulfonamides is 1. The van der Waals surface area contributed by atoms with Gasteiger partial charge in [-0.1, -0.05) is 0 Å². The van der Waals surface area contributed by atoms with Gasteiger partial charge in [0.05, 0.1) is 18.6 Å². The predicted octanol–water partition coefficient (Wildman–Crippen LogP) is 2.92. The van der Waals surface area contributed by atoms with Crippen LogP contribution in [-0.4, -0.2) is 41.8 Å². The fourth-order valence-electron chi connectivity index (χ4n) is 4.35. The van der Waals surface area contributed by atoms with Gasteiger partial charge in [-0.2, -0.15) is 18.8 Å². The highest BCUT2D eigenvalue weighted by Gasteiger charge is 2.27. The standard InChI is InChI=1S/C25H26FN5O4S/c1-25(2,35-3)15-31-10-8-24(29-31)36(33,34)30-23(32)13-21-18-5-4-6-19(18)22(26)12-20(21)16-7-9-28-17(11-16)14-27/h7-12H,4-6,13,15H2,1-3H3,(H,30,32). The van der Waals surface area contributed by atoms with Crippen molar-refractivity contribution in [1.29, 1.82) is 5.26 Å². The number of hydrogen-bond donors (Lipinski definition) is 1. The number of rotatable bonds is 8. The van der Waals surface area contributed by atoms with E-state index in [1.54, 1.807) is 13.2 Å². The minimum absolute atomic E-state index is 0.152. The maximum Gasteiger partial charge on any atom is 0.283 e. The number of carbonyl (C=O) groups is 1. The van der Waals surface area contributed by atoms with Crippen LogP contribution in [0.4, 0.5) is 4.39 Å². The van der Waals surface area contributed by atoms with Crippen molar-refractivity contribution in [3.05, 3.63) is 64.9 Å². The number of nitrogens with one attached hydrogen (secondary N) is 1. The number of benzene rings is 1. The van der Waals surface area contributed by atoms with Crippen molar-refractivity contribution >= 4 is 15.9 Å². The fraction of sp³-hybridized carbons (Fsp3) is 0.360. The van der Waals surface area contributed by atoms with Gasteiger partial charge in [0.1, 0.15) is 17.6 Å². The van der Waals surface area contributed by atoms with Crippen LogP contribution in [0.15, 0.2) is 41.7 Å². The van der Waals surface area contributed by atoms with E-state index >= 15 is 0 Å². The number of amides is 1. The normalized spacial score (nSPS) is 13.3. The number of ether oxygens (including phenoxy) is 1. The summed E-state index contributed by atoms with van der Waals surface area (Å²) in [5, 5.41) is 13.0. The molecule has 0 aliphatic heterocycles. The van der Waals surface area contributed by atoms with E-state index in [1.807, 2.05) is 19.9 Å². The van der Waals surface area contributed by atoms with Gasteiger partial charge in [-0.15, -0.1) is 0 Å². The molecule has 188 valence electrons. The molecule has 3 aromatic rings. The van der Waals surface area contributed by atoms with Crippen LogP contribution in [0.3, 0.4) is 0 Å². The van der Waals surface area contributed by atoms with Gasteiger partial charge in [0, 0.05) is 19.5 Å². The zero-order valence-corrected chi connectivity index (χ0v) is 21.0. The molecule has 0 radical (unpaired) electrons. The first-order valence-corrected chi connectivity index (χ1v) is 12.9. The lowest BCUT2D eigenvalue weighted by molar-refractivity contribution is -0.118. The topological polar surface area (TPSA) is 127 Å². The van der Waals surface area contributed by atoms with Crippen molar-refractivity contribution in [3.8, 4) is 17.2 Å². The maximum absolute atomic E-state index is 14.9. The molecule has 0 unspecified atom stereocenters. The van der Waals surface area contributed by atoms with Crippen molar-refractivity contribution in [2.75, 3.05) is 7.11 Å². The van der Waals surface area contributed by atoms with Crippen LogP contribution in [0.5, 0.6) is 0 Å². The minimum Gasteiger partial charge on any atom is -0.377 e. The highest BCUT2D eigenvalue weighted by Crippen LogP contribution is 2.36. The molecule has 0 fully saturated rings. The highest BCUT2D eigenvalue weighted by molar-refractivity contribution is 7.90. The van der Waals surface area contributed by atoms with Gasteiger partial charge in [-0.25, -0.2) is 14.1 Å². The number of carbonyl (C=O) groups excluding carboxylic acids is 1. The summed E-state index contributed by atoms with van der Waals surface area (Å²) in [6.07, 6.45) is 4.51. The van der Waals surface area contributed by atoms with E-state index in [9.17, 15) is 22.9 Å². The number of nitrogens with zero attached hydrogens (tertiary/aromatic N) is 4. The van der Waals surface area contributed by atoms with E-state index in [4.69, 9.17) is 4.74 Å². The molecule has 1 aromatic carbocycles. The van der Waals surface area contributed by atoms with Crippen LogP contribution in [-0.2, 0) is 45.4 Å². The number of hydrogen-bond acceptors (Lipinski definition) is 7. The Hall–Kier alpha value is -3.62. The van der Waals surface area contributed by atoms with Crippen molar-refractivity contribution in [2.45, 2.75) is 56.7 Å². The van der Waals surface area contributed by atoms with Gasteiger partial charge >= 0.3 is 0 Å². The van der Waals surface area contributed by atoms with Crippen molar-refractivity contribution < 1.29 is 22.3 Å². The van der Waals surface area contributed by atoms with Gasteiger partial charge in [-0.05, 0) is 85.2 Å². The molecule has 1 N–H and O–H groups in total. The molecular weight excluding hydrogens is 485 g/mol. The molecule has 11 heteroatoms. The van der Waals surface area contributed by atoms with Crippen LogP contribution < -0.4 is 4.72 Å². The Morgan fingerprint density at radius 3 is 2.75 bits per heavy atom. The first kappa shape index (κ1) is 25.5. The molecule has 0 saturated heterocycles. The first-order chi connectivity index (χ1) is 17.0. The third kappa shape index (κ3) is 5.29. The smallest absolute Gasteiger partial charge is 0.283 e. The largest absolute Gasteiger partial charge is 0.377 e. The zero-order valence-electron chi connectivity index (χ0n) is 20.2. The molecule has 0 spiro atoms. The van der Waals surface area contributed by atoms with Crippen LogP contribution in [0.1, 0.15) is 42.7 Å². The summed E-state index contributed by atoms with van der Waals surface area (Å²) in [6.45, 7) is 3.99. The maximum atomic E-state index is 14.9. The average Bonchev–Trinajstić information content (AvgIpc) is 3.51. The Morgan fingerprint density at radius 1 is 1.28 bits per heavy atom.